The summed E-state index contributed by atoms with van der Waals surface area (Å²) in [5.74, 6) is 0. The quantitative estimate of drug-likeness (QED) is 0.312. The molecule has 0 radical (unpaired) electrons. The topological polar surface area (TPSA) is 37.3 Å². The van der Waals surface area contributed by atoms with Crippen molar-refractivity contribution in [1.29, 1.82) is 0 Å². The van der Waals surface area contributed by atoms with Gasteiger partial charge in [0.05, 0.1) is 29.0 Å². The van der Waals surface area contributed by atoms with Crippen LogP contribution < -0.4 is 5.32 Å². The minimum Gasteiger partial charge on any atom is -0.310 e. The molecule has 0 saturated carbocycles. The summed E-state index contributed by atoms with van der Waals surface area (Å²) in [7, 11) is 0. The highest BCUT2D eigenvalue weighted by atomic mass is 35.5. The van der Waals surface area contributed by atoms with E-state index in [1.807, 2.05) is 34.4 Å². The number of anilines is 1. The van der Waals surface area contributed by atoms with E-state index < -0.39 is 0 Å². The van der Waals surface area contributed by atoms with Crippen molar-refractivity contribution in [2.45, 2.75) is 45.2 Å². The Morgan fingerprint density at radius 3 is 2.62 bits per heavy atom. The highest BCUT2D eigenvalue weighted by molar-refractivity contribution is 7.15. The van der Waals surface area contributed by atoms with Gasteiger partial charge in [0.2, 0.25) is 0 Å². The van der Waals surface area contributed by atoms with Crippen molar-refractivity contribution in [3.8, 4) is 5.00 Å². The van der Waals surface area contributed by atoms with Gasteiger partial charge in [-0.25, -0.2) is 4.79 Å². The predicted octanol–water partition coefficient (Wildman–Crippen LogP) is 7.52. The molecule has 4 nitrogen and oxygen atoms in total. The molecule has 0 fully saturated rings. The molecular weight excluding hydrogens is 462 g/mol. The molecule has 0 saturated heterocycles. The Bertz CT molecular complexity index is 1370. The average Bonchev–Trinajstić information content (AvgIpc) is 3.43. The zero-order valence-corrected chi connectivity index (χ0v) is 20.6. The van der Waals surface area contributed by atoms with Crippen LogP contribution in [0.1, 0.15) is 51.7 Å². The van der Waals surface area contributed by atoms with Gasteiger partial charge in [-0.15, -0.1) is 11.3 Å². The Morgan fingerprint density at radius 1 is 1.00 bits per heavy atom. The van der Waals surface area contributed by atoms with E-state index in [4.69, 9.17) is 11.6 Å². The Balaban J connectivity index is 1.51. The third-order valence-corrected chi connectivity index (χ3v) is 8.61. The lowest BCUT2D eigenvalue weighted by Gasteiger charge is -2.31. The molecule has 0 spiro atoms. The maximum Gasteiger partial charge on any atom is 0.323 e. The number of carbonyl (C=O) groups is 1. The fourth-order valence-electron chi connectivity index (χ4n) is 5.24. The van der Waals surface area contributed by atoms with E-state index in [2.05, 4.69) is 59.4 Å². The first-order chi connectivity index (χ1) is 16.6. The van der Waals surface area contributed by atoms with Crippen LogP contribution in [0.15, 0.2) is 66.9 Å². The van der Waals surface area contributed by atoms with Crippen molar-refractivity contribution in [3.63, 3.8) is 0 Å². The van der Waals surface area contributed by atoms with Gasteiger partial charge in [0, 0.05) is 16.6 Å². The molecule has 4 aromatic rings. The van der Waals surface area contributed by atoms with Crippen LogP contribution in [0.25, 0.3) is 5.00 Å². The smallest absolute Gasteiger partial charge is 0.310 e. The summed E-state index contributed by atoms with van der Waals surface area (Å²) in [4.78, 5) is 17.4. The summed E-state index contributed by atoms with van der Waals surface area (Å²) in [6.45, 7) is 2.66. The summed E-state index contributed by atoms with van der Waals surface area (Å²) in [6, 6.07) is 19.8. The molecule has 2 aromatic carbocycles. The van der Waals surface area contributed by atoms with Gasteiger partial charge in [-0.05, 0) is 68.0 Å². The third kappa shape index (κ3) is 3.64. The highest BCUT2D eigenvalue weighted by Gasteiger charge is 2.36. The fraction of sp³-hybridized carbons (Fsp3) is 0.250. The molecule has 1 atom stereocenters. The van der Waals surface area contributed by atoms with Gasteiger partial charge in [-0.1, -0.05) is 53.6 Å². The Kier molecular flexibility index (Phi) is 5.47. The Hall–Kier alpha value is -3.02. The van der Waals surface area contributed by atoms with E-state index >= 15 is 0 Å². The molecule has 3 heterocycles. The molecule has 0 bridgehead atoms. The maximum atomic E-state index is 13.9. The number of urea groups is 1. The zero-order valence-electron chi connectivity index (χ0n) is 19.1. The lowest BCUT2D eigenvalue weighted by atomic mass is 9.95. The number of aryl methyl sites for hydroxylation is 2. The largest absolute Gasteiger partial charge is 0.323 e. The molecule has 2 aliphatic rings. The average molecular weight is 488 g/mol. The van der Waals surface area contributed by atoms with Crippen molar-refractivity contribution in [3.05, 3.63) is 105 Å². The molecule has 1 aliphatic heterocycles. The number of aromatic nitrogens is 1. The molecule has 1 aliphatic carbocycles. The lowest BCUT2D eigenvalue weighted by Crippen LogP contribution is -2.38. The van der Waals surface area contributed by atoms with Crippen LogP contribution in [0.5, 0.6) is 0 Å². The maximum absolute atomic E-state index is 13.9. The van der Waals surface area contributed by atoms with Gasteiger partial charge in [0.15, 0.2) is 0 Å². The van der Waals surface area contributed by atoms with E-state index in [1.54, 1.807) is 6.07 Å². The number of hydrogen-bond acceptors (Lipinski definition) is 2. The molecule has 1 N–H and O–H groups in total. The number of nitrogens with one attached hydrogen (secondary N) is 1. The third-order valence-electron chi connectivity index (χ3n) is 6.95. The van der Waals surface area contributed by atoms with E-state index in [1.165, 1.54) is 39.4 Å². The molecule has 1 unspecified atom stereocenters. The van der Waals surface area contributed by atoms with Crippen LogP contribution in [0.4, 0.5) is 10.5 Å². The van der Waals surface area contributed by atoms with Crippen LogP contribution in [0.3, 0.4) is 0 Å². The van der Waals surface area contributed by atoms with Crippen molar-refractivity contribution < 1.29 is 4.79 Å². The summed E-state index contributed by atoms with van der Waals surface area (Å²) in [5, 5.41) is 4.89. The van der Waals surface area contributed by atoms with Gasteiger partial charge < -0.3 is 14.8 Å². The summed E-state index contributed by atoms with van der Waals surface area (Å²) in [5.41, 5.74) is 6.78. The Morgan fingerprint density at radius 2 is 1.79 bits per heavy atom. The number of nitrogens with zero attached hydrogens (tertiary/aromatic N) is 2. The minimum atomic E-state index is -0.211. The van der Waals surface area contributed by atoms with Crippen LogP contribution in [-0.2, 0) is 19.4 Å². The van der Waals surface area contributed by atoms with Crippen molar-refractivity contribution in [2.24, 2.45) is 0 Å². The van der Waals surface area contributed by atoms with E-state index in [0.717, 1.165) is 24.1 Å². The molecule has 6 heteroatoms. The van der Waals surface area contributed by atoms with E-state index in [9.17, 15) is 4.79 Å². The molecule has 2 aromatic heterocycles. The number of thiophene rings is 1. The SMILES string of the molecule is Cc1ccc(C2c3cccn3-c3sc4c(c3CN2C(=O)Nc2ccccc2Cl)CCCC4)cc1. The normalized spacial score (nSPS) is 16.9. The number of benzene rings is 2. The summed E-state index contributed by atoms with van der Waals surface area (Å²) < 4.78 is 2.31. The van der Waals surface area contributed by atoms with Gasteiger partial charge in [-0.2, -0.15) is 0 Å². The monoisotopic (exact) mass is 487 g/mol. The standard InChI is InChI=1S/C28H26ClN3OS/c1-18-12-14-19(15-13-18)26-24-10-6-16-31(24)27-21(20-7-2-5-11-25(20)34-27)17-32(26)28(33)30-23-9-4-3-8-22(23)29/h3-4,6,8-10,12-16,26H,2,5,7,11,17H2,1H3,(H,30,33). The minimum absolute atomic E-state index is 0.143. The van der Waals surface area contributed by atoms with Gasteiger partial charge in [0.25, 0.3) is 0 Å². The number of fused-ring (bicyclic) bond motifs is 5. The predicted molar refractivity (Wildman–Crippen MR) is 139 cm³/mol. The van der Waals surface area contributed by atoms with Gasteiger partial charge in [0.1, 0.15) is 5.00 Å². The molecule has 6 rings (SSSR count). The van der Waals surface area contributed by atoms with Crippen molar-refractivity contribution in [1.82, 2.24) is 9.47 Å². The lowest BCUT2D eigenvalue weighted by molar-refractivity contribution is 0.194. The van der Waals surface area contributed by atoms with Crippen molar-refractivity contribution in [2.75, 3.05) is 5.32 Å². The molecule has 34 heavy (non-hydrogen) atoms. The number of halogens is 1. The fourth-order valence-corrected chi connectivity index (χ4v) is 6.82. The second-order valence-electron chi connectivity index (χ2n) is 9.15. The van der Waals surface area contributed by atoms with Crippen LogP contribution >= 0.6 is 22.9 Å². The second-order valence-corrected chi connectivity index (χ2v) is 10.6. The summed E-state index contributed by atoms with van der Waals surface area (Å²) in [6.07, 6.45) is 6.83. The first-order valence-electron chi connectivity index (χ1n) is 11.8. The van der Waals surface area contributed by atoms with Crippen molar-refractivity contribution >= 4 is 34.7 Å². The highest BCUT2D eigenvalue weighted by Crippen LogP contribution is 2.44. The van der Waals surface area contributed by atoms with Crippen LogP contribution in [-0.4, -0.2) is 15.5 Å². The Labute approximate surface area is 208 Å². The van der Waals surface area contributed by atoms with E-state index in [-0.39, 0.29) is 12.1 Å². The molecule has 172 valence electrons. The van der Waals surface area contributed by atoms with E-state index in [0.29, 0.717) is 17.3 Å². The first-order valence-corrected chi connectivity index (χ1v) is 13.0. The van der Waals surface area contributed by atoms with Gasteiger partial charge >= 0.3 is 6.03 Å². The molecular formula is C28H26ClN3OS. The number of para-hydroxylation sites is 1. The van der Waals surface area contributed by atoms with Gasteiger partial charge in [-0.3, -0.25) is 0 Å². The first kappa shape index (κ1) is 21.5. The number of hydrogen-bond donors (Lipinski definition) is 1. The van der Waals surface area contributed by atoms with Crippen LogP contribution in [0, 0.1) is 6.92 Å². The number of rotatable bonds is 2. The van der Waals surface area contributed by atoms with Crippen LogP contribution in [0.2, 0.25) is 5.02 Å². The zero-order chi connectivity index (χ0) is 23.2. The second kappa shape index (κ2) is 8.64. The number of amides is 2. The number of carbonyl (C=O) groups excluding carboxylic acids is 1. The summed E-state index contributed by atoms with van der Waals surface area (Å²) >= 11 is 8.30. The molecule has 2 amide bonds.